The first-order chi connectivity index (χ1) is 11.1. The fourth-order valence-corrected chi connectivity index (χ4v) is 2.79. The third-order valence-electron chi connectivity index (χ3n) is 3.74. The molecule has 23 heavy (non-hydrogen) atoms. The van der Waals surface area contributed by atoms with E-state index < -0.39 is 5.82 Å². The number of rotatable bonds is 4. The molecule has 1 saturated heterocycles. The number of benzene rings is 1. The highest BCUT2D eigenvalue weighted by molar-refractivity contribution is 6.31. The number of hydrogen-bond donors (Lipinski definition) is 0. The van der Waals surface area contributed by atoms with Crippen molar-refractivity contribution in [1.82, 2.24) is 19.9 Å². The zero-order chi connectivity index (χ0) is 16.2. The van der Waals surface area contributed by atoms with Crippen LogP contribution in [0, 0.1) is 5.82 Å². The van der Waals surface area contributed by atoms with Gasteiger partial charge in [-0.1, -0.05) is 22.9 Å². The molecule has 1 aromatic carbocycles. The Labute approximate surface area is 137 Å². The van der Waals surface area contributed by atoms with E-state index in [1.807, 2.05) is 0 Å². The van der Waals surface area contributed by atoms with Crippen LogP contribution < -0.4 is 0 Å². The smallest absolute Gasteiger partial charge is 0.227 e. The second-order valence-corrected chi connectivity index (χ2v) is 5.74. The molecule has 0 spiro atoms. The topological polar surface area (TPSA) is 60.2 Å². The van der Waals surface area contributed by atoms with Gasteiger partial charge in [0, 0.05) is 29.9 Å². The molecular weight excluding hydrogens is 323 g/mol. The lowest BCUT2D eigenvalue weighted by atomic mass is 10.1. The molecule has 1 fully saturated rings. The van der Waals surface area contributed by atoms with E-state index in [9.17, 15) is 9.18 Å². The highest BCUT2D eigenvalue weighted by atomic mass is 35.5. The molecule has 1 aromatic heterocycles. The molecule has 1 aliphatic heterocycles. The van der Waals surface area contributed by atoms with Gasteiger partial charge in [-0.05, 0) is 12.1 Å². The first kappa shape index (κ1) is 15.9. The van der Waals surface area contributed by atoms with Crippen LogP contribution in [0.2, 0.25) is 5.02 Å². The fraction of sp³-hybridized carbons (Fsp3) is 0.400. The molecule has 1 unspecified atom stereocenters. The standard InChI is InChI=1S/C15H16ClFN4O2/c16-13-2-1-3-14(17)12(13)8-15(22)20-6-7-23-11(9-20)10-21-5-4-18-19-21/h1-5,11H,6-10H2. The average Bonchev–Trinajstić information content (AvgIpc) is 3.04. The molecule has 0 bridgehead atoms. The Morgan fingerprint density at radius 3 is 3.09 bits per heavy atom. The van der Waals surface area contributed by atoms with E-state index in [2.05, 4.69) is 10.3 Å². The van der Waals surface area contributed by atoms with Crippen LogP contribution in [-0.4, -0.2) is 51.6 Å². The highest BCUT2D eigenvalue weighted by Crippen LogP contribution is 2.20. The van der Waals surface area contributed by atoms with Crippen molar-refractivity contribution < 1.29 is 13.9 Å². The minimum atomic E-state index is -0.460. The van der Waals surface area contributed by atoms with Gasteiger partial charge in [-0.2, -0.15) is 0 Å². The number of carbonyl (C=O) groups excluding carboxylic acids is 1. The SMILES string of the molecule is O=C(Cc1c(F)cccc1Cl)N1CCOC(Cn2ccnn2)C1. The van der Waals surface area contributed by atoms with Crippen molar-refractivity contribution in [2.24, 2.45) is 0 Å². The largest absolute Gasteiger partial charge is 0.373 e. The summed E-state index contributed by atoms with van der Waals surface area (Å²) >= 11 is 5.98. The maximum atomic E-state index is 13.8. The van der Waals surface area contributed by atoms with E-state index in [-0.39, 0.29) is 29.0 Å². The van der Waals surface area contributed by atoms with Crippen molar-refractivity contribution in [3.63, 3.8) is 0 Å². The van der Waals surface area contributed by atoms with Crippen LogP contribution in [0.5, 0.6) is 0 Å². The molecule has 2 aromatic rings. The number of amides is 1. The Kier molecular flexibility index (Phi) is 4.88. The maximum Gasteiger partial charge on any atom is 0.227 e. The first-order valence-electron chi connectivity index (χ1n) is 7.30. The van der Waals surface area contributed by atoms with Gasteiger partial charge in [0.05, 0.1) is 31.9 Å². The summed E-state index contributed by atoms with van der Waals surface area (Å²) in [5.41, 5.74) is 0.235. The normalized spacial score (nSPS) is 18.2. The molecule has 6 nitrogen and oxygen atoms in total. The van der Waals surface area contributed by atoms with Crippen molar-refractivity contribution in [3.05, 3.63) is 47.0 Å². The lowest BCUT2D eigenvalue weighted by molar-refractivity contribution is -0.138. The van der Waals surface area contributed by atoms with Crippen LogP contribution in [0.1, 0.15) is 5.56 Å². The van der Waals surface area contributed by atoms with E-state index in [1.54, 1.807) is 28.0 Å². The highest BCUT2D eigenvalue weighted by Gasteiger charge is 2.25. The molecule has 1 atom stereocenters. The quantitative estimate of drug-likeness (QED) is 0.848. The van der Waals surface area contributed by atoms with Gasteiger partial charge in [0.15, 0.2) is 0 Å². The summed E-state index contributed by atoms with van der Waals surface area (Å²) in [6.45, 7) is 1.88. The molecule has 1 amide bonds. The Morgan fingerprint density at radius 1 is 1.48 bits per heavy atom. The van der Waals surface area contributed by atoms with E-state index >= 15 is 0 Å². The summed E-state index contributed by atoms with van der Waals surface area (Å²) in [6, 6.07) is 4.41. The zero-order valence-electron chi connectivity index (χ0n) is 12.4. The Hall–Kier alpha value is -1.99. The van der Waals surface area contributed by atoms with Gasteiger partial charge in [-0.3, -0.25) is 4.79 Å². The van der Waals surface area contributed by atoms with Gasteiger partial charge in [0.1, 0.15) is 5.82 Å². The number of ether oxygens (including phenoxy) is 1. The predicted octanol–water partition coefficient (Wildman–Crippen LogP) is 1.54. The van der Waals surface area contributed by atoms with E-state index in [1.165, 1.54) is 12.1 Å². The van der Waals surface area contributed by atoms with Crippen molar-refractivity contribution in [1.29, 1.82) is 0 Å². The van der Waals surface area contributed by atoms with Crippen LogP contribution in [0.25, 0.3) is 0 Å². The average molecular weight is 339 g/mol. The number of halogens is 2. The Balaban J connectivity index is 1.63. The van der Waals surface area contributed by atoms with Gasteiger partial charge in [0.25, 0.3) is 0 Å². The molecule has 0 N–H and O–H groups in total. The summed E-state index contributed by atoms with van der Waals surface area (Å²) in [5.74, 6) is -0.623. The van der Waals surface area contributed by atoms with Crippen molar-refractivity contribution >= 4 is 17.5 Å². The van der Waals surface area contributed by atoms with Crippen LogP contribution in [0.15, 0.2) is 30.6 Å². The lowest BCUT2D eigenvalue weighted by Crippen LogP contribution is -2.47. The minimum absolute atomic E-state index is 0.0540. The minimum Gasteiger partial charge on any atom is -0.373 e. The van der Waals surface area contributed by atoms with Gasteiger partial charge in [-0.25, -0.2) is 9.07 Å². The molecule has 3 rings (SSSR count). The Morgan fingerprint density at radius 2 is 2.35 bits per heavy atom. The predicted molar refractivity (Wildman–Crippen MR) is 81.5 cm³/mol. The third kappa shape index (κ3) is 3.86. The van der Waals surface area contributed by atoms with Crippen LogP contribution in [-0.2, 0) is 22.5 Å². The number of carbonyl (C=O) groups is 1. The lowest BCUT2D eigenvalue weighted by Gasteiger charge is -2.33. The van der Waals surface area contributed by atoms with Crippen LogP contribution >= 0.6 is 11.6 Å². The van der Waals surface area contributed by atoms with E-state index in [0.717, 1.165) is 0 Å². The number of hydrogen-bond acceptors (Lipinski definition) is 4. The monoisotopic (exact) mass is 338 g/mol. The summed E-state index contributed by atoms with van der Waals surface area (Å²) in [5, 5.41) is 7.89. The van der Waals surface area contributed by atoms with Crippen LogP contribution in [0.4, 0.5) is 4.39 Å². The number of morpholine rings is 1. The van der Waals surface area contributed by atoms with Crippen molar-refractivity contribution in [2.75, 3.05) is 19.7 Å². The van der Waals surface area contributed by atoms with Crippen molar-refractivity contribution in [2.45, 2.75) is 19.1 Å². The molecule has 0 aliphatic carbocycles. The summed E-state index contributed by atoms with van der Waals surface area (Å²) in [6.07, 6.45) is 3.11. The summed E-state index contributed by atoms with van der Waals surface area (Å²) < 4.78 is 21.1. The van der Waals surface area contributed by atoms with Gasteiger partial charge in [-0.15, -0.1) is 5.10 Å². The molecule has 0 radical (unpaired) electrons. The molecule has 8 heteroatoms. The number of aromatic nitrogens is 3. The summed E-state index contributed by atoms with van der Waals surface area (Å²) in [4.78, 5) is 14.1. The van der Waals surface area contributed by atoms with Gasteiger partial charge in [0.2, 0.25) is 5.91 Å². The maximum absolute atomic E-state index is 13.8. The zero-order valence-corrected chi connectivity index (χ0v) is 13.1. The van der Waals surface area contributed by atoms with Gasteiger partial charge < -0.3 is 9.64 Å². The number of nitrogens with zero attached hydrogens (tertiary/aromatic N) is 4. The first-order valence-corrected chi connectivity index (χ1v) is 7.67. The molecule has 1 aliphatic rings. The molecular formula is C15H16ClFN4O2. The third-order valence-corrected chi connectivity index (χ3v) is 4.10. The van der Waals surface area contributed by atoms with Crippen molar-refractivity contribution in [3.8, 4) is 0 Å². The van der Waals surface area contributed by atoms with E-state index in [0.29, 0.717) is 26.2 Å². The molecule has 122 valence electrons. The van der Waals surface area contributed by atoms with Gasteiger partial charge >= 0.3 is 0 Å². The Bertz CT molecular complexity index is 660. The molecule has 0 saturated carbocycles. The summed E-state index contributed by atoms with van der Waals surface area (Å²) in [7, 11) is 0. The fourth-order valence-electron chi connectivity index (χ4n) is 2.56. The second kappa shape index (κ2) is 7.06. The van der Waals surface area contributed by atoms with E-state index in [4.69, 9.17) is 16.3 Å². The molecule has 2 heterocycles. The second-order valence-electron chi connectivity index (χ2n) is 5.33. The van der Waals surface area contributed by atoms with Crippen LogP contribution in [0.3, 0.4) is 0 Å².